The Morgan fingerprint density at radius 2 is 2.19 bits per heavy atom. The van der Waals surface area contributed by atoms with Gasteiger partial charge in [0.15, 0.2) is 5.71 Å². The molecule has 0 atom stereocenters. The van der Waals surface area contributed by atoms with Gasteiger partial charge in [-0.05, 0) is 17.6 Å². The fraction of sp³-hybridized carbons (Fsp3) is 0.0833. The predicted octanol–water partition coefficient (Wildman–Crippen LogP) is 0.451. The van der Waals surface area contributed by atoms with Crippen LogP contribution in [0.3, 0.4) is 0 Å². The van der Waals surface area contributed by atoms with Crippen LogP contribution in [0.1, 0.15) is 0 Å². The number of aliphatic imine (C=N–C) groups is 1. The maximum Gasteiger partial charge on any atom is 0.320 e. The van der Waals surface area contributed by atoms with E-state index in [4.69, 9.17) is 0 Å². The molecule has 2 aliphatic heterocycles. The lowest BCUT2D eigenvalue weighted by molar-refractivity contribution is 0.981. The molecule has 0 N–H and O–H groups in total. The molecule has 0 aliphatic carbocycles. The van der Waals surface area contributed by atoms with Crippen molar-refractivity contribution in [1.82, 2.24) is 5.10 Å². The van der Waals surface area contributed by atoms with E-state index in [2.05, 4.69) is 15.2 Å². The van der Waals surface area contributed by atoms with Crippen LogP contribution in [0.15, 0.2) is 45.5 Å². The average molecular weight is 227 g/mol. The van der Waals surface area contributed by atoms with Crippen LogP contribution in [0.4, 0.5) is 0 Å². The largest absolute Gasteiger partial charge is 0.320 e. The van der Waals surface area contributed by atoms with Crippen molar-refractivity contribution in [1.29, 1.82) is 0 Å². The van der Waals surface area contributed by atoms with E-state index in [-0.39, 0.29) is 0 Å². The fourth-order valence-electron chi connectivity index (χ4n) is 1.57. The summed E-state index contributed by atoms with van der Waals surface area (Å²) in [4.78, 5) is 4.32. The highest BCUT2D eigenvalue weighted by molar-refractivity contribution is 8.02. The van der Waals surface area contributed by atoms with Gasteiger partial charge in [0.2, 0.25) is 5.10 Å². The van der Waals surface area contributed by atoms with E-state index in [9.17, 15) is 0 Å². The fourth-order valence-corrected chi connectivity index (χ4v) is 2.17. The van der Waals surface area contributed by atoms with Crippen molar-refractivity contribution in [3.05, 3.63) is 45.9 Å². The molecule has 0 saturated carbocycles. The van der Waals surface area contributed by atoms with Crippen LogP contribution < -0.4 is 15.7 Å². The van der Waals surface area contributed by atoms with Crippen LogP contribution in [0.5, 0.6) is 0 Å². The van der Waals surface area contributed by atoms with Gasteiger partial charge in [-0.15, -0.1) is 11.8 Å². The molecule has 2 heterocycles. The van der Waals surface area contributed by atoms with Gasteiger partial charge in [0, 0.05) is 18.0 Å². The summed E-state index contributed by atoms with van der Waals surface area (Å²) in [6, 6.07) is 7.96. The second kappa shape index (κ2) is 4.06. The molecule has 4 heteroatoms. The molecule has 0 fully saturated rings. The Bertz CT molecular complexity index is 626. The van der Waals surface area contributed by atoms with Crippen molar-refractivity contribution < 1.29 is 0 Å². The highest BCUT2D eigenvalue weighted by atomic mass is 32.2. The molecule has 0 amide bonds. The highest BCUT2D eigenvalue weighted by Crippen LogP contribution is 2.14. The Morgan fingerprint density at radius 1 is 1.25 bits per heavy atom. The van der Waals surface area contributed by atoms with E-state index in [1.165, 1.54) is 0 Å². The van der Waals surface area contributed by atoms with Gasteiger partial charge >= 0.3 is 5.36 Å². The predicted molar refractivity (Wildman–Crippen MR) is 67.9 cm³/mol. The van der Waals surface area contributed by atoms with Gasteiger partial charge in [0.1, 0.15) is 5.70 Å². The number of fused-ring (bicyclic) bond motifs is 1. The molecule has 3 rings (SSSR count). The van der Waals surface area contributed by atoms with Crippen LogP contribution in [0, 0.1) is 0 Å². The van der Waals surface area contributed by atoms with Crippen LogP contribution in [-0.4, -0.2) is 17.7 Å². The van der Waals surface area contributed by atoms with Gasteiger partial charge < -0.3 is 0 Å². The van der Waals surface area contributed by atoms with Crippen molar-refractivity contribution >= 4 is 29.8 Å². The lowest BCUT2D eigenvalue weighted by Gasteiger charge is -2.02. The first kappa shape index (κ1) is 9.54. The van der Waals surface area contributed by atoms with Crippen LogP contribution in [0.2, 0.25) is 0 Å². The molecule has 0 bridgehead atoms. The van der Waals surface area contributed by atoms with E-state index in [0.717, 1.165) is 27.7 Å². The van der Waals surface area contributed by atoms with Crippen molar-refractivity contribution in [2.75, 3.05) is 5.75 Å². The zero-order valence-corrected chi connectivity index (χ0v) is 9.31. The molecule has 77 valence electrons. The third-order valence-corrected chi connectivity index (χ3v) is 3.08. The SMILES string of the molecule is C1=NC(C2=N[N+]=c3ccccc3=C2)=CSC1. The minimum absolute atomic E-state index is 0.835. The maximum absolute atomic E-state index is 4.32. The number of nitrogens with zero attached hydrogens (tertiary/aromatic N) is 3. The second-order valence-corrected chi connectivity index (χ2v) is 4.34. The number of hydrogen-bond acceptors (Lipinski definition) is 4. The van der Waals surface area contributed by atoms with E-state index in [1.807, 2.05) is 42.0 Å². The van der Waals surface area contributed by atoms with Gasteiger partial charge in [-0.2, -0.15) is 0 Å². The maximum atomic E-state index is 4.32. The molecular weight excluding hydrogens is 218 g/mol. The standard InChI is InChI=1S/C12H9N3S/c1-2-4-10-9(3-1)7-11(15-14-10)12-8-16-6-5-13-12/h1-5,7-8H,6H2/q+1. The molecule has 0 saturated heterocycles. The minimum atomic E-state index is 0.835. The Balaban J connectivity index is 2.08. The van der Waals surface area contributed by atoms with Gasteiger partial charge in [-0.1, -0.05) is 12.1 Å². The molecule has 0 spiro atoms. The van der Waals surface area contributed by atoms with E-state index < -0.39 is 0 Å². The Kier molecular flexibility index (Phi) is 2.42. The Morgan fingerprint density at radius 3 is 3.06 bits per heavy atom. The first-order valence-electron chi connectivity index (χ1n) is 5.01. The summed E-state index contributed by atoms with van der Waals surface area (Å²) in [7, 11) is 0. The smallest absolute Gasteiger partial charge is 0.257 e. The summed E-state index contributed by atoms with van der Waals surface area (Å²) in [6.45, 7) is 0. The number of thioether (sulfide) groups is 1. The van der Waals surface area contributed by atoms with E-state index in [1.54, 1.807) is 11.8 Å². The van der Waals surface area contributed by atoms with E-state index in [0.29, 0.717) is 0 Å². The summed E-state index contributed by atoms with van der Waals surface area (Å²) >= 11 is 1.72. The van der Waals surface area contributed by atoms with Crippen LogP contribution in [-0.2, 0) is 0 Å². The first-order chi connectivity index (χ1) is 7.93. The molecule has 0 aromatic heterocycles. The van der Waals surface area contributed by atoms with Crippen LogP contribution >= 0.6 is 11.8 Å². The quantitative estimate of drug-likeness (QED) is 0.686. The first-order valence-corrected chi connectivity index (χ1v) is 6.05. The van der Waals surface area contributed by atoms with Crippen molar-refractivity contribution in [2.24, 2.45) is 10.1 Å². The van der Waals surface area contributed by atoms with Crippen molar-refractivity contribution in [3.63, 3.8) is 0 Å². The molecule has 2 aliphatic rings. The third kappa shape index (κ3) is 1.72. The van der Waals surface area contributed by atoms with Gasteiger partial charge in [-0.3, -0.25) is 4.99 Å². The van der Waals surface area contributed by atoms with Gasteiger partial charge in [0.05, 0.1) is 10.3 Å². The summed E-state index contributed by atoms with van der Waals surface area (Å²) in [5, 5.41) is 12.4. The summed E-state index contributed by atoms with van der Waals surface area (Å²) in [5.74, 6) is 0.935. The topological polar surface area (TPSA) is 38.8 Å². The molecule has 0 unspecified atom stereocenters. The molecule has 1 aromatic carbocycles. The lowest BCUT2D eigenvalue weighted by Crippen LogP contribution is -2.32. The van der Waals surface area contributed by atoms with Gasteiger partial charge in [-0.25, -0.2) is 0 Å². The average Bonchev–Trinajstić information content (AvgIpc) is 2.39. The van der Waals surface area contributed by atoms with Gasteiger partial charge in [0.25, 0.3) is 0 Å². The van der Waals surface area contributed by atoms with Crippen LogP contribution in [0.25, 0.3) is 6.08 Å². The monoisotopic (exact) mass is 227 g/mol. The molecule has 16 heavy (non-hydrogen) atoms. The number of rotatable bonds is 1. The number of benzene rings is 1. The number of hydrogen-bond donors (Lipinski definition) is 0. The molecule has 1 aromatic rings. The van der Waals surface area contributed by atoms with E-state index >= 15 is 0 Å². The third-order valence-electron chi connectivity index (χ3n) is 2.35. The lowest BCUT2D eigenvalue weighted by atomic mass is 10.2. The van der Waals surface area contributed by atoms with Crippen molar-refractivity contribution in [3.8, 4) is 0 Å². The highest BCUT2D eigenvalue weighted by Gasteiger charge is 2.14. The summed E-state index contributed by atoms with van der Waals surface area (Å²) in [6.07, 6.45) is 3.92. The van der Waals surface area contributed by atoms with Crippen molar-refractivity contribution in [2.45, 2.75) is 0 Å². The number of allylic oxidation sites excluding steroid dienone is 1. The minimum Gasteiger partial charge on any atom is -0.257 e. The zero-order valence-electron chi connectivity index (χ0n) is 8.50. The summed E-state index contributed by atoms with van der Waals surface area (Å²) in [5.41, 5.74) is 1.73. The normalized spacial score (nSPS) is 17.8. The molecule has 3 nitrogen and oxygen atoms in total. The Labute approximate surface area is 97.0 Å². The molecular formula is C12H9N3S+. The molecule has 1 radical (unpaired) electrons. The second-order valence-electron chi connectivity index (χ2n) is 3.44. The Hall–Kier alpha value is -1.68. The zero-order chi connectivity index (χ0) is 10.8. The summed E-state index contributed by atoms with van der Waals surface area (Å²) < 4.78 is 0.